The van der Waals surface area contributed by atoms with Gasteiger partial charge in [0.05, 0.1) is 6.61 Å². The highest BCUT2D eigenvalue weighted by Gasteiger charge is 2.38. The van der Waals surface area contributed by atoms with Gasteiger partial charge >= 0.3 is 5.97 Å². The van der Waals surface area contributed by atoms with Crippen LogP contribution in [0.2, 0.25) is 0 Å². The van der Waals surface area contributed by atoms with E-state index in [1.54, 1.807) is 31.2 Å². The molecule has 0 spiro atoms. The van der Waals surface area contributed by atoms with Crippen molar-refractivity contribution in [2.45, 2.75) is 24.8 Å². The number of rotatable bonds is 4. The van der Waals surface area contributed by atoms with Gasteiger partial charge in [-0.05, 0) is 19.4 Å². The molecule has 3 nitrogen and oxygen atoms in total. The average molecular weight is 243 g/mol. The van der Waals surface area contributed by atoms with E-state index < -0.39 is 16.9 Å². The first-order valence-corrected chi connectivity index (χ1v) is 5.52. The zero-order valence-electron chi connectivity index (χ0n) is 9.31. The highest BCUT2D eigenvalue weighted by atomic mass is 35.5. The second-order valence-corrected chi connectivity index (χ2v) is 4.06. The number of alkyl halides is 1. The fourth-order valence-corrected chi connectivity index (χ4v) is 1.56. The van der Waals surface area contributed by atoms with Gasteiger partial charge in [0.15, 0.2) is 5.38 Å². The third-order valence-electron chi connectivity index (χ3n) is 2.35. The van der Waals surface area contributed by atoms with Gasteiger partial charge in [0, 0.05) is 0 Å². The quantitative estimate of drug-likeness (QED) is 0.650. The summed E-state index contributed by atoms with van der Waals surface area (Å²) in [5.74, 6) is -0.613. The number of ether oxygens (including phenoxy) is 1. The van der Waals surface area contributed by atoms with E-state index in [9.17, 15) is 9.90 Å². The predicted octanol–water partition coefficient (Wildman–Crippen LogP) is 2.06. The summed E-state index contributed by atoms with van der Waals surface area (Å²) in [6.07, 6.45) is 0. The van der Waals surface area contributed by atoms with Crippen LogP contribution in [0.4, 0.5) is 0 Å². The summed E-state index contributed by atoms with van der Waals surface area (Å²) in [4.78, 5) is 11.4. The van der Waals surface area contributed by atoms with Gasteiger partial charge in [0.2, 0.25) is 0 Å². The Morgan fingerprint density at radius 2 is 2.06 bits per heavy atom. The minimum atomic E-state index is -1.44. The maximum absolute atomic E-state index is 11.4. The van der Waals surface area contributed by atoms with Gasteiger partial charge in [-0.3, -0.25) is 4.79 Å². The summed E-state index contributed by atoms with van der Waals surface area (Å²) in [6, 6.07) is 8.81. The molecule has 1 aromatic carbocycles. The number of esters is 1. The number of carbonyl (C=O) groups excluding carboxylic acids is 1. The number of hydrogen-bond acceptors (Lipinski definition) is 3. The zero-order valence-corrected chi connectivity index (χ0v) is 10.1. The summed E-state index contributed by atoms with van der Waals surface area (Å²) in [5.41, 5.74) is -0.849. The summed E-state index contributed by atoms with van der Waals surface area (Å²) in [7, 11) is 0. The maximum atomic E-state index is 11.4. The van der Waals surface area contributed by atoms with E-state index in [0.29, 0.717) is 5.56 Å². The van der Waals surface area contributed by atoms with Crippen LogP contribution < -0.4 is 0 Å². The van der Waals surface area contributed by atoms with Gasteiger partial charge in [0.25, 0.3) is 0 Å². The zero-order chi connectivity index (χ0) is 12.2. The van der Waals surface area contributed by atoms with E-state index in [0.717, 1.165) is 0 Å². The highest BCUT2D eigenvalue weighted by Crippen LogP contribution is 2.28. The van der Waals surface area contributed by atoms with Crippen LogP contribution in [0, 0.1) is 0 Å². The van der Waals surface area contributed by atoms with E-state index in [2.05, 4.69) is 0 Å². The summed E-state index contributed by atoms with van der Waals surface area (Å²) in [6.45, 7) is 3.43. The normalized spacial score (nSPS) is 16.2. The van der Waals surface area contributed by atoms with E-state index in [-0.39, 0.29) is 6.61 Å². The van der Waals surface area contributed by atoms with Crippen molar-refractivity contribution in [2.24, 2.45) is 0 Å². The van der Waals surface area contributed by atoms with E-state index in [1.165, 1.54) is 6.92 Å². The molecule has 0 saturated heterocycles. The third-order valence-corrected chi connectivity index (χ3v) is 2.95. The van der Waals surface area contributed by atoms with Gasteiger partial charge in [-0.1, -0.05) is 30.3 Å². The van der Waals surface area contributed by atoms with Crippen molar-refractivity contribution < 1.29 is 14.6 Å². The predicted molar refractivity (Wildman–Crippen MR) is 62.3 cm³/mol. The number of hydrogen-bond donors (Lipinski definition) is 1. The molecular formula is C12H15ClO3. The smallest absolute Gasteiger partial charge is 0.327 e. The fourth-order valence-electron chi connectivity index (χ4n) is 1.37. The number of carbonyl (C=O) groups is 1. The molecule has 0 unspecified atom stereocenters. The molecule has 0 amide bonds. The Kier molecular flexibility index (Phi) is 4.33. The third kappa shape index (κ3) is 2.74. The average Bonchev–Trinajstić information content (AvgIpc) is 2.29. The summed E-state index contributed by atoms with van der Waals surface area (Å²) in [5, 5.41) is 9.10. The lowest BCUT2D eigenvalue weighted by Crippen LogP contribution is -2.39. The molecule has 4 heteroatoms. The van der Waals surface area contributed by atoms with Crippen LogP contribution in [-0.4, -0.2) is 23.1 Å². The molecule has 88 valence electrons. The molecule has 0 fully saturated rings. The largest absolute Gasteiger partial charge is 0.465 e. The molecule has 0 aliphatic heterocycles. The van der Waals surface area contributed by atoms with Crippen molar-refractivity contribution in [2.75, 3.05) is 6.61 Å². The molecule has 1 rings (SSSR count). The van der Waals surface area contributed by atoms with Crippen molar-refractivity contribution in [1.82, 2.24) is 0 Å². The lowest BCUT2D eigenvalue weighted by molar-refractivity contribution is -0.147. The van der Waals surface area contributed by atoms with Gasteiger partial charge in [0.1, 0.15) is 5.60 Å². The van der Waals surface area contributed by atoms with E-state index >= 15 is 0 Å². The molecule has 0 aliphatic carbocycles. The maximum Gasteiger partial charge on any atom is 0.327 e. The van der Waals surface area contributed by atoms with Crippen molar-refractivity contribution in [3.05, 3.63) is 35.9 Å². The molecule has 0 radical (unpaired) electrons. The van der Waals surface area contributed by atoms with Gasteiger partial charge in [-0.25, -0.2) is 0 Å². The minimum Gasteiger partial charge on any atom is -0.465 e. The second-order valence-electron chi connectivity index (χ2n) is 3.63. The molecule has 0 heterocycles. The number of halogens is 1. The van der Waals surface area contributed by atoms with Gasteiger partial charge in [-0.15, -0.1) is 11.6 Å². The van der Waals surface area contributed by atoms with Crippen LogP contribution in [0.15, 0.2) is 30.3 Å². The molecule has 1 N–H and O–H groups in total. The first-order chi connectivity index (χ1) is 7.50. The fraction of sp³-hybridized carbons (Fsp3) is 0.417. The first kappa shape index (κ1) is 13.0. The molecule has 0 saturated carbocycles. The second kappa shape index (κ2) is 5.32. The first-order valence-electron chi connectivity index (χ1n) is 5.08. The minimum absolute atomic E-state index is 0.243. The van der Waals surface area contributed by atoms with Crippen molar-refractivity contribution >= 4 is 17.6 Å². The number of benzene rings is 1. The Hall–Kier alpha value is -1.06. The van der Waals surface area contributed by atoms with Crippen molar-refractivity contribution in [3.8, 4) is 0 Å². The van der Waals surface area contributed by atoms with E-state index in [1.807, 2.05) is 6.07 Å². The van der Waals surface area contributed by atoms with Gasteiger partial charge < -0.3 is 9.84 Å². The highest BCUT2D eigenvalue weighted by molar-refractivity contribution is 6.30. The molecule has 0 aromatic heterocycles. The molecule has 1 aromatic rings. The summed E-state index contributed by atoms with van der Waals surface area (Å²) < 4.78 is 4.78. The monoisotopic (exact) mass is 242 g/mol. The number of aliphatic hydroxyl groups is 1. The molecule has 16 heavy (non-hydrogen) atoms. The van der Waals surface area contributed by atoms with Crippen LogP contribution >= 0.6 is 11.6 Å². The Bertz CT molecular complexity index is 349. The molecule has 0 aliphatic rings. The van der Waals surface area contributed by atoms with Gasteiger partial charge in [-0.2, -0.15) is 0 Å². The Balaban J connectivity index is 2.89. The molecule has 0 bridgehead atoms. The van der Waals surface area contributed by atoms with Crippen LogP contribution in [0.25, 0.3) is 0 Å². The van der Waals surface area contributed by atoms with Crippen molar-refractivity contribution in [1.29, 1.82) is 0 Å². The van der Waals surface area contributed by atoms with Crippen molar-refractivity contribution in [3.63, 3.8) is 0 Å². The van der Waals surface area contributed by atoms with Crippen LogP contribution in [0.3, 0.4) is 0 Å². The van der Waals surface area contributed by atoms with Crippen LogP contribution in [0.1, 0.15) is 19.4 Å². The SMILES string of the molecule is CCOC(=O)[C@@H](Cl)[C@@](C)(O)c1ccccc1. The molecule has 2 atom stereocenters. The van der Waals surface area contributed by atoms with E-state index in [4.69, 9.17) is 16.3 Å². The summed E-state index contributed by atoms with van der Waals surface area (Å²) >= 11 is 5.91. The lowest BCUT2D eigenvalue weighted by atomic mass is 9.92. The lowest BCUT2D eigenvalue weighted by Gasteiger charge is -2.27. The van der Waals surface area contributed by atoms with Crippen LogP contribution in [0.5, 0.6) is 0 Å². The standard InChI is InChI=1S/C12H15ClO3/c1-3-16-11(14)10(13)12(2,15)9-7-5-4-6-8-9/h4-8,10,15H,3H2,1-2H3/t10-,12+/m1/s1. The Morgan fingerprint density at radius 3 is 2.56 bits per heavy atom. The van der Waals surface area contributed by atoms with Crippen LogP contribution in [-0.2, 0) is 15.1 Å². The molecular weight excluding hydrogens is 228 g/mol. The Morgan fingerprint density at radius 1 is 1.50 bits per heavy atom. The topological polar surface area (TPSA) is 46.5 Å². The Labute approximate surface area is 100.0 Å².